The first-order valence-electron chi connectivity index (χ1n) is 4.92. The first-order chi connectivity index (χ1) is 7.07. The molecule has 0 aliphatic carbocycles. The zero-order valence-electron chi connectivity index (χ0n) is 8.72. The van der Waals surface area contributed by atoms with Gasteiger partial charge in [-0.2, -0.15) is 0 Å². The van der Waals surface area contributed by atoms with Crippen molar-refractivity contribution in [3.05, 3.63) is 29.3 Å². The lowest BCUT2D eigenvalue weighted by Crippen LogP contribution is -2.22. The molecule has 0 amide bonds. The molecule has 0 saturated carbocycles. The SMILES string of the molecule is Cc1c(O)cccc1C(O)C(O)CCN. The molecule has 2 atom stereocenters. The maximum atomic E-state index is 9.81. The number of rotatable bonds is 4. The molecule has 0 aliphatic rings. The van der Waals surface area contributed by atoms with Crippen LogP contribution >= 0.6 is 0 Å². The minimum atomic E-state index is -0.999. The number of hydrogen-bond acceptors (Lipinski definition) is 4. The van der Waals surface area contributed by atoms with E-state index in [9.17, 15) is 15.3 Å². The van der Waals surface area contributed by atoms with Crippen molar-refractivity contribution >= 4 is 0 Å². The van der Waals surface area contributed by atoms with Crippen LogP contribution in [0.5, 0.6) is 5.75 Å². The number of aliphatic hydroxyl groups excluding tert-OH is 2. The van der Waals surface area contributed by atoms with Crippen molar-refractivity contribution in [3.8, 4) is 5.75 Å². The summed E-state index contributed by atoms with van der Waals surface area (Å²) in [5, 5.41) is 28.8. The van der Waals surface area contributed by atoms with Crippen LogP contribution in [-0.2, 0) is 0 Å². The van der Waals surface area contributed by atoms with Gasteiger partial charge in [-0.3, -0.25) is 0 Å². The molecule has 0 bridgehead atoms. The Labute approximate surface area is 89.0 Å². The van der Waals surface area contributed by atoms with E-state index in [4.69, 9.17) is 5.73 Å². The zero-order valence-corrected chi connectivity index (χ0v) is 8.72. The van der Waals surface area contributed by atoms with E-state index < -0.39 is 12.2 Å². The molecule has 1 aromatic rings. The highest BCUT2D eigenvalue weighted by Gasteiger charge is 2.20. The highest BCUT2D eigenvalue weighted by Crippen LogP contribution is 2.27. The molecule has 2 unspecified atom stereocenters. The lowest BCUT2D eigenvalue weighted by Gasteiger charge is -2.19. The average Bonchev–Trinajstić information content (AvgIpc) is 2.21. The molecule has 84 valence electrons. The maximum Gasteiger partial charge on any atom is 0.118 e. The molecule has 0 aromatic heterocycles. The van der Waals surface area contributed by atoms with Gasteiger partial charge >= 0.3 is 0 Å². The Morgan fingerprint density at radius 2 is 2.00 bits per heavy atom. The number of phenolic OH excluding ortho intramolecular Hbond substituents is 1. The van der Waals surface area contributed by atoms with E-state index in [1.807, 2.05) is 0 Å². The van der Waals surface area contributed by atoms with Crippen LogP contribution < -0.4 is 5.73 Å². The first kappa shape index (κ1) is 12.0. The summed E-state index contributed by atoms with van der Waals surface area (Å²) < 4.78 is 0. The Morgan fingerprint density at radius 3 is 2.60 bits per heavy atom. The van der Waals surface area contributed by atoms with Crippen LogP contribution in [0.4, 0.5) is 0 Å². The molecule has 0 heterocycles. The van der Waals surface area contributed by atoms with Gasteiger partial charge in [0.1, 0.15) is 11.9 Å². The molecule has 1 rings (SSSR count). The van der Waals surface area contributed by atoms with Gasteiger partial charge in [-0.05, 0) is 37.1 Å². The Morgan fingerprint density at radius 1 is 1.33 bits per heavy atom. The van der Waals surface area contributed by atoms with Crippen LogP contribution in [0.2, 0.25) is 0 Å². The predicted molar refractivity (Wildman–Crippen MR) is 57.5 cm³/mol. The lowest BCUT2D eigenvalue weighted by molar-refractivity contribution is 0.0145. The van der Waals surface area contributed by atoms with E-state index in [1.54, 1.807) is 25.1 Å². The number of aliphatic hydroxyl groups is 2. The van der Waals surface area contributed by atoms with E-state index in [0.717, 1.165) is 0 Å². The molecule has 0 fully saturated rings. The van der Waals surface area contributed by atoms with Crippen LogP contribution in [0.1, 0.15) is 23.7 Å². The van der Waals surface area contributed by atoms with Crippen LogP contribution in [0.3, 0.4) is 0 Å². The highest BCUT2D eigenvalue weighted by atomic mass is 16.3. The van der Waals surface area contributed by atoms with E-state index in [1.165, 1.54) is 0 Å². The van der Waals surface area contributed by atoms with Gasteiger partial charge < -0.3 is 21.1 Å². The molecule has 0 spiro atoms. The Hall–Kier alpha value is -1.10. The van der Waals surface area contributed by atoms with Gasteiger partial charge in [0, 0.05) is 0 Å². The number of aromatic hydroxyl groups is 1. The summed E-state index contributed by atoms with van der Waals surface area (Å²) in [7, 11) is 0. The smallest absolute Gasteiger partial charge is 0.118 e. The largest absolute Gasteiger partial charge is 0.508 e. The van der Waals surface area contributed by atoms with Crippen molar-refractivity contribution in [2.75, 3.05) is 6.54 Å². The predicted octanol–water partition coefficient (Wildman–Crippen LogP) is 0.444. The van der Waals surface area contributed by atoms with Gasteiger partial charge in [-0.25, -0.2) is 0 Å². The second-order valence-electron chi connectivity index (χ2n) is 3.58. The Bertz CT molecular complexity index is 328. The summed E-state index contributed by atoms with van der Waals surface area (Å²) in [6, 6.07) is 4.86. The summed E-state index contributed by atoms with van der Waals surface area (Å²) in [6.07, 6.45) is -1.56. The van der Waals surface area contributed by atoms with E-state index in [0.29, 0.717) is 24.1 Å². The van der Waals surface area contributed by atoms with Gasteiger partial charge in [0.05, 0.1) is 6.10 Å². The molecule has 1 aromatic carbocycles. The second kappa shape index (κ2) is 5.11. The highest BCUT2D eigenvalue weighted by molar-refractivity contribution is 5.39. The minimum absolute atomic E-state index is 0.117. The Balaban J connectivity index is 2.90. The molecule has 5 N–H and O–H groups in total. The summed E-state index contributed by atoms with van der Waals surface area (Å²) >= 11 is 0. The quantitative estimate of drug-likeness (QED) is 0.582. The normalized spacial score (nSPS) is 14.9. The van der Waals surface area contributed by atoms with Gasteiger partial charge in [-0.15, -0.1) is 0 Å². The average molecular weight is 211 g/mol. The van der Waals surface area contributed by atoms with Crippen LogP contribution in [0.15, 0.2) is 18.2 Å². The molecule has 15 heavy (non-hydrogen) atoms. The fourth-order valence-corrected chi connectivity index (χ4v) is 1.50. The summed E-state index contributed by atoms with van der Waals surface area (Å²) in [5.74, 6) is 0.117. The van der Waals surface area contributed by atoms with Crippen LogP contribution in [0, 0.1) is 6.92 Å². The summed E-state index contributed by atoms with van der Waals surface area (Å²) in [5.41, 5.74) is 6.42. The molecule has 0 aliphatic heterocycles. The van der Waals surface area contributed by atoms with Crippen molar-refractivity contribution in [2.45, 2.75) is 25.6 Å². The molecular formula is C11H17NO3. The third kappa shape index (κ3) is 2.68. The van der Waals surface area contributed by atoms with Crippen molar-refractivity contribution in [2.24, 2.45) is 5.73 Å². The second-order valence-corrected chi connectivity index (χ2v) is 3.58. The van der Waals surface area contributed by atoms with Crippen molar-refractivity contribution in [3.63, 3.8) is 0 Å². The molecular weight excluding hydrogens is 194 g/mol. The third-order valence-corrected chi connectivity index (χ3v) is 2.49. The fraction of sp³-hybridized carbons (Fsp3) is 0.455. The standard InChI is InChI=1S/C11H17NO3/c1-7-8(3-2-4-9(7)13)11(15)10(14)5-6-12/h2-4,10-11,13-15H,5-6,12H2,1H3. The lowest BCUT2D eigenvalue weighted by atomic mass is 9.97. The molecule has 4 heteroatoms. The third-order valence-electron chi connectivity index (χ3n) is 2.49. The van der Waals surface area contributed by atoms with Crippen LogP contribution in [-0.4, -0.2) is 28.0 Å². The van der Waals surface area contributed by atoms with Crippen molar-refractivity contribution in [1.29, 1.82) is 0 Å². The van der Waals surface area contributed by atoms with Crippen molar-refractivity contribution in [1.82, 2.24) is 0 Å². The van der Waals surface area contributed by atoms with Gasteiger partial charge in [0.25, 0.3) is 0 Å². The number of nitrogens with two attached hydrogens (primary N) is 1. The summed E-state index contributed by atoms with van der Waals surface area (Å²) in [6.45, 7) is 2.01. The monoisotopic (exact) mass is 211 g/mol. The number of benzene rings is 1. The van der Waals surface area contributed by atoms with Gasteiger partial charge in [0.2, 0.25) is 0 Å². The van der Waals surface area contributed by atoms with Crippen LogP contribution in [0.25, 0.3) is 0 Å². The summed E-state index contributed by atoms with van der Waals surface area (Å²) in [4.78, 5) is 0. The minimum Gasteiger partial charge on any atom is -0.508 e. The maximum absolute atomic E-state index is 9.81. The first-order valence-corrected chi connectivity index (χ1v) is 4.92. The fourth-order valence-electron chi connectivity index (χ4n) is 1.50. The van der Waals surface area contributed by atoms with Gasteiger partial charge in [-0.1, -0.05) is 12.1 Å². The molecule has 0 saturated heterocycles. The van der Waals surface area contributed by atoms with E-state index in [2.05, 4.69) is 0 Å². The van der Waals surface area contributed by atoms with Crippen molar-refractivity contribution < 1.29 is 15.3 Å². The molecule has 0 radical (unpaired) electrons. The van der Waals surface area contributed by atoms with E-state index >= 15 is 0 Å². The molecule has 4 nitrogen and oxygen atoms in total. The number of hydrogen-bond donors (Lipinski definition) is 4. The topological polar surface area (TPSA) is 86.7 Å². The Kier molecular flexibility index (Phi) is 4.08. The van der Waals surface area contributed by atoms with Gasteiger partial charge in [0.15, 0.2) is 0 Å². The number of phenols is 1. The zero-order chi connectivity index (χ0) is 11.4. The van der Waals surface area contributed by atoms with E-state index in [-0.39, 0.29) is 5.75 Å².